The van der Waals surface area contributed by atoms with Crippen LogP contribution in [0.5, 0.6) is 17.2 Å². The standard InChI is InChI=1S/C25H28O11/c1-31-19-8-13(15(27)4-5-32-25-23(30)22(29)21(28)20(10-26)36-25)6-14-9-17(35-24(14)19)12-2-3-16-18(7-12)34-11-33-16/h2-3,6-9,15,20-23,25-30H,4-5,10-11H2,1H3/t15-,20-,21+,22+,23+,25-/m0/s1. The van der Waals surface area contributed by atoms with Crippen molar-refractivity contribution in [1.29, 1.82) is 0 Å². The van der Waals surface area contributed by atoms with Gasteiger partial charge in [0.05, 0.1) is 26.4 Å². The van der Waals surface area contributed by atoms with E-state index < -0.39 is 43.4 Å². The molecular formula is C25H28O11. The van der Waals surface area contributed by atoms with E-state index in [1.165, 1.54) is 7.11 Å². The molecule has 0 radical (unpaired) electrons. The highest BCUT2D eigenvalue weighted by molar-refractivity contribution is 5.88. The minimum Gasteiger partial charge on any atom is -0.493 e. The Morgan fingerprint density at radius 3 is 2.58 bits per heavy atom. The van der Waals surface area contributed by atoms with E-state index in [2.05, 4.69) is 0 Å². The number of fused-ring (bicyclic) bond motifs is 2. The summed E-state index contributed by atoms with van der Waals surface area (Å²) in [7, 11) is 1.51. The molecule has 0 unspecified atom stereocenters. The van der Waals surface area contributed by atoms with Crippen LogP contribution in [0.15, 0.2) is 40.8 Å². The number of rotatable bonds is 8. The van der Waals surface area contributed by atoms with Crippen molar-refractivity contribution in [3.05, 3.63) is 42.0 Å². The van der Waals surface area contributed by atoms with Crippen molar-refractivity contribution in [3.8, 4) is 28.6 Å². The fourth-order valence-corrected chi connectivity index (χ4v) is 4.35. The van der Waals surface area contributed by atoms with Crippen LogP contribution in [0.2, 0.25) is 0 Å². The molecule has 11 heteroatoms. The average molecular weight is 504 g/mol. The van der Waals surface area contributed by atoms with Crippen LogP contribution in [0.25, 0.3) is 22.3 Å². The van der Waals surface area contributed by atoms with Crippen molar-refractivity contribution >= 4 is 11.0 Å². The van der Waals surface area contributed by atoms with Crippen molar-refractivity contribution in [2.24, 2.45) is 0 Å². The Balaban J connectivity index is 1.29. The number of aliphatic hydroxyl groups is 5. The van der Waals surface area contributed by atoms with Crippen LogP contribution < -0.4 is 14.2 Å². The maximum Gasteiger partial charge on any atom is 0.231 e. The molecule has 2 aliphatic heterocycles. The Bertz CT molecular complexity index is 1210. The summed E-state index contributed by atoms with van der Waals surface area (Å²) in [6.45, 7) is -0.404. The van der Waals surface area contributed by atoms with Gasteiger partial charge in [-0.25, -0.2) is 0 Å². The molecule has 2 aliphatic rings. The predicted octanol–water partition coefficient (Wildman–Crippen LogP) is 1.08. The molecule has 3 aromatic rings. The first kappa shape index (κ1) is 24.8. The molecule has 5 N–H and O–H groups in total. The van der Waals surface area contributed by atoms with Gasteiger partial charge in [-0.1, -0.05) is 0 Å². The molecule has 0 saturated carbocycles. The van der Waals surface area contributed by atoms with Crippen LogP contribution in [-0.4, -0.2) is 83.4 Å². The summed E-state index contributed by atoms with van der Waals surface area (Å²) in [6.07, 6.45) is -7.64. The summed E-state index contributed by atoms with van der Waals surface area (Å²) in [4.78, 5) is 0. The molecular weight excluding hydrogens is 476 g/mol. The first-order valence-corrected chi connectivity index (χ1v) is 11.5. The molecule has 0 amide bonds. The lowest BCUT2D eigenvalue weighted by molar-refractivity contribution is -0.301. The summed E-state index contributed by atoms with van der Waals surface area (Å²) >= 11 is 0. The Morgan fingerprint density at radius 1 is 1.00 bits per heavy atom. The maximum absolute atomic E-state index is 10.8. The SMILES string of the molecule is COc1cc([C@@H](O)CCO[C@H]2O[C@@H](CO)[C@@H](O)[C@@H](O)[C@H]2O)cc2cc(-c3ccc4c(c3)OCO4)oc12. The highest BCUT2D eigenvalue weighted by Gasteiger charge is 2.44. The summed E-state index contributed by atoms with van der Waals surface area (Å²) in [5.74, 6) is 2.35. The molecule has 3 heterocycles. The van der Waals surface area contributed by atoms with Crippen LogP contribution in [0.1, 0.15) is 18.1 Å². The van der Waals surface area contributed by atoms with Crippen molar-refractivity contribution in [2.75, 3.05) is 27.1 Å². The summed E-state index contributed by atoms with van der Waals surface area (Å²) in [5, 5.41) is 50.7. The van der Waals surface area contributed by atoms with Gasteiger partial charge in [0, 0.05) is 17.4 Å². The van der Waals surface area contributed by atoms with Crippen molar-refractivity contribution in [3.63, 3.8) is 0 Å². The molecule has 11 nitrogen and oxygen atoms in total. The molecule has 36 heavy (non-hydrogen) atoms. The van der Waals surface area contributed by atoms with Crippen molar-refractivity contribution in [2.45, 2.75) is 43.2 Å². The lowest BCUT2D eigenvalue weighted by Crippen LogP contribution is -2.59. The molecule has 0 aliphatic carbocycles. The number of hydrogen-bond acceptors (Lipinski definition) is 11. The third-order valence-corrected chi connectivity index (χ3v) is 6.39. The van der Waals surface area contributed by atoms with Gasteiger partial charge in [0.2, 0.25) is 6.79 Å². The van der Waals surface area contributed by atoms with Crippen molar-refractivity contribution in [1.82, 2.24) is 0 Å². The number of aliphatic hydroxyl groups excluding tert-OH is 5. The van der Waals surface area contributed by atoms with Gasteiger partial charge in [0.1, 0.15) is 30.2 Å². The Labute approximate surface area is 206 Å². The van der Waals surface area contributed by atoms with Crippen LogP contribution in [0.3, 0.4) is 0 Å². The zero-order chi connectivity index (χ0) is 25.4. The fraction of sp³-hybridized carbons (Fsp3) is 0.440. The highest BCUT2D eigenvalue weighted by Crippen LogP contribution is 2.40. The van der Waals surface area contributed by atoms with E-state index in [4.69, 9.17) is 28.1 Å². The maximum atomic E-state index is 10.8. The third-order valence-electron chi connectivity index (χ3n) is 6.39. The Hall–Kier alpha value is -2.90. The topological polar surface area (TPSA) is 160 Å². The van der Waals surface area contributed by atoms with Gasteiger partial charge < -0.3 is 53.6 Å². The highest BCUT2D eigenvalue weighted by atomic mass is 16.7. The van der Waals surface area contributed by atoms with E-state index in [1.54, 1.807) is 12.1 Å². The zero-order valence-electron chi connectivity index (χ0n) is 19.4. The van der Waals surface area contributed by atoms with Crippen LogP contribution in [-0.2, 0) is 9.47 Å². The molecule has 2 aromatic carbocycles. The van der Waals surface area contributed by atoms with E-state index in [0.29, 0.717) is 34.2 Å². The summed E-state index contributed by atoms with van der Waals surface area (Å²) in [6, 6.07) is 10.8. The summed E-state index contributed by atoms with van der Waals surface area (Å²) in [5.41, 5.74) is 1.89. The minimum absolute atomic E-state index is 0.0297. The minimum atomic E-state index is -1.53. The number of furan rings is 1. The van der Waals surface area contributed by atoms with Crippen LogP contribution in [0.4, 0.5) is 0 Å². The van der Waals surface area contributed by atoms with Gasteiger partial charge in [-0.15, -0.1) is 0 Å². The molecule has 1 saturated heterocycles. The lowest BCUT2D eigenvalue weighted by atomic mass is 9.99. The second-order valence-corrected chi connectivity index (χ2v) is 8.69. The predicted molar refractivity (Wildman–Crippen MR) is 124 cm³/mol. The Kier molecular flexibility index (Phi) is 7.04. The van der Waals surface area contributed by atoms with Crippen LogP contribution in [0, 0.1) is 0 Å². The molecule has 1 aromatic heterocycles. The lowest BCUT2D eigenvalue weighted by Gasteiger charge is -2.39. The smallest absolute Gasteiger partial charge is 0.231 e. The fourth-order valence-electron chi connectivity index (χ4n) is 4.35. The van der Waals surface area contributed by atoms with Crippen molar-refractivity contribution < 1.29 is 53.6 Å². The number of hydrogen-bond donors (Lipinski definition) is 5. The van der Waals surface area contributed by atoms with E-state index in [-0.39, 0.29) is 19.8 Å². The number of benzene rings is 2. The summed E-state index contributed by atoms with van der Waals surface area (Å²) < 4.78 is 33.2. The molecule has 6 atom stereocenters. The second kappa shape index (κ2) is 10.2. The molecule has 1 fully saturated rings. The van der Waals surface area contributed by atoms with E-state index in [1.807, 2.05) is 24.3 Å². The van der Waals surface area contributed by atoms with E-state index >= 15 is 0 Å². The van der Waals surface area contributed by atoms with E-state index in [0.717, 1.165) is 10.9 Å². The van der Waals surface area contributed by atoms with Gasteiger partial charge in [-0.2, -0.15) is 0 Å². The second-order valence-electron chi connectivity index (χ2n) is 8.69. The van der Waals surface area contributed by atoms with Crippen LogP contribution >= 0.6 is 0 Å². The Morgan fingerprint density at radius 2 is 1.81 bits per heavy atom. The molecule has 5 rings (SSSR count). The quantitative estimate of drug-likeness (QED) is 0.299. The van der Waals surface area contributed by atoms with Gasteiger partial charge in [0.15, 0.2) is 29.1 Å². The molecule has 0 spiro atoms. The molecule has 0 bridgehead atoms. The molecule has 194 valence electrons. The third kappa shape index (κ3) is 4.62. The van der Waals surface area contributed by atoms with Gasteiger partial charge in [0.25, 0.3) is 0 Å². The number of methoxy groups -OCH3 is 1. The van der Waals surface area contributed by atoms with Gasteiger partial charge >= 0.3 is 0 Å². The van der Waals surface area contributed by atoms with Gasteiger partial charge in [-0.3, -0.25) is 0 Å². The first-order chi connectivity index (χ1) is 17.4. The largest absolute Gasteiger partial charge is 0.493 e. The van der Waals surface area contributed by atoms with E-state index in [9.17, 15) is 25.5 Å². The monoisotopic (exact) mass is 504 g/mol. The van der Waals surface area contributed by atoms with Gasteiger partial charge in [-0.05, 0) is 42.0 Å². The number of ether oxygens (including phenoxy) is 5. The normalized spacial score (nSPS) is 26.3. The average Bonchev–Trinajstić information content (AvgIpc) is 3.54. The zero-order valence-corrected chi connectivity index (χ0v) is 19.4. The first-order valence-electron chi connectivity index (χ1n) is 11.5.